The van der Waals surface area contributed by atoms with Crippen molar-refractivity contribution in [3.05, 3.63) is 53.6 Å². The maximum atomic E-state index is 12.0. The molecule has 0 spiro atoms. The fourth-order valence-corrected chi connectivity index (χ4v) is 2.10. The zero-order valence-corrected chi connectivity index (χ0v) is 16.0. The molecule has 0 atom stereocenters. The van der Waals surface area contributed by atoms with Gasteiger partial charge in [-0.2, -0.15) is 5.10 Å². The minimum Gasteiger partial charge on any atom is -0.508 e. The number of nitrogens with zero attached hydrogens (tertiary/aromatic N) is 2. The van der Waals surface area contributed by atoms with Gasteiger partial charge in [0.2, 0.25) is 0 Å². The third kappa shape index (κ3) is 6.01. The Kier molecular flexibility index (Phi) is 7.38. The number of likely N-dealkylation sites (N-methyl/N-ethyl adjacent to an activating group) is 1. The Bertz CT molecular complexity index is 847. The van der Waals surface area contributed by atoms with Gasteiger partial charge in [0.15, 0.2) is 18.1 Å². The van der Waals surface area contributed by atoms with Gasteiger partial charge in [0.25, 0.3) is 11.8 Å². The van der Waals surface area contributed by atoms with E-state index in [9.17, 15) is 14.7 Å². The van der Waals surface area contributed by atoms with E-state index in [1.54, 1.807) is 32.3 Å². The monoisotopic (exact) mass is 385 g/mol. The van der Waals surface area contributed by atoms with Crippen LogP contribution in [0, 0.1) is 0 Å². The number of hydrazone groups is 1. The summed E-state index contributed by atoms with van der Waals surface area (Å²) in [6, 6.07) is 10.9. The van der Waals surface area contributed by atoms with Gasteiger partial charge in [-0.05, 0) is 55.0 Å². The average molecular weight is 385 g/mol. The van der Waals surface area contributed by atoms with Crippen molar-refractivity contribution in [1.29, 1.82) is 0 Å². The molecule has 0 aliphatic carbocycles. The molecule has 0 aliphatic heterocycles. The van der Waals surface area contributed by atoms with Gasteiger partial charge in [-0.3, -0.25) is 9.59 Å². The van der Waals surface area contributed by atoms with E-state index >= 15 is 0 Å². The van der Waals surface area contributed by atoms with Crippen LogP contribution in [0.1, 0.15) is 22.8 Å². The van der Waals surface area contributed by atoms with E-state index in [4.69, 9.17) is 9.47 Å². The molecule has 0 radical (unpaired) electrons. The van der Waals surface area contributed by atoms with Crippen molar-refractivity contribution in [2.24, 2.45) is 5.10 Å². The van der Waals surface area contributed by atoms with Gasteiger partial charge in [-0.15, -0.1) is 0 Å². The molecule has 0 unspecified atom stereocenters. The standard InChI is InChI=1S/C20H23N3O5/c1-4-27-18-11-14(5-10-17(18)28-13-19(25)23(2)3)12-21-22-20(26)15-6-8-16(24)9-7-15/h5-12,24H,4,13H2,1-3H3,(H,22,26)/b21-12-. The molecule has 0 aliphatic rings. The Morgan fingerprint density at radius 1 is 1.11 bits per heavy atom. The van der Waals surface area contributed by atoms with Gasteiger partial charge in [0, 0.05) is 19.7 Å². The number of aromatic hydroxyl groups is 1. The van der Waals surface area contributed by atoms with Crippen molar-refractivity contribution in [2.75, 3.05) is 27.3 Å². The summed E-state index contributed by atoms with van der Waals surface area (Å²) >= 11 is 0. The van der Waals surface area contributed by atoms with Crippen LogP contribution >= 0.6 is 0 Å². The maximum absolute atomic E-state index is 12.0. The highest BCUT2D eigenvalue weighted by atomic mass is 16.5. The molecule has 0 fully saturated rings. The molecule has 8 nitrogen and oxygen atoms in total. The largest absolute Gasteiger partial charge is 0.508 e. The summed E-state index contributed by atoms with van der Waals surface area (Å²) < 4.78 is 11.1. The normalized spacial score (nSPS) is 10.5. The van der Waals surface area contributed by atoms with Crippen LogP contribution in [-0.4, -0.2) is 55.3 Å². The van der Waals surface area contributed by atoms with Crippen LogP contribution in [0.5, 0.6) is 17.2 Å². The van der Waals surface area contributed by atoms with Gasteiger partial charge in [-0.25, -0.2) is 5.43 Å². The maximum Gasteiger partial charge on any atom is 0.271 e. The first-order valence-corrected chi connectivity index (χ1v) is 8.63. The number of hydrogen-bond donors (Lipinski definition) is 2. The van der Waals surface area contributed by atoms with Crippen molar-refractivity contribution in [3.63, 3.8) is 0 Å². The molecule has 0 heterocycles. The Balaban J connectivity index is 2.03. The highest BCUT2D eigenvalue weighted by Gasteiger charge is 2.10. The highest BCUT2D eigenvalue weighted by Crippen LogP contribution is 2.28. The van der Waals surface area contributed by atoms with E-state index in [0.717, 1.165) is 0 Å². The van der Waals surface area contributed by atoms with E-state index in [1.165, 1.54) is 35.4 Å². The number of benzene rings is 2. The van der Waals surface area contributed by atoms with Crippen molar-refractivity contribution >= 4 is 18.0 Å². The molecule has 148 valence electrons. The Morgan fingerprint density at radius 2 is 1.82 bits per heavy atom. The number of phenolic OH excluding ortho intramolecular Hbond substituents is 1. The fraction of sp³-hybridized carbons (Fsp3) is 0.250. The van der Waals surface area contributed by atoms with Crippen LogP contribution in [0.15, 0.2) is 47.6 Å². The lowest BCUT2D eigenvalue weighted by Gasteiger charge is -2.14. The summed E-state index contributed by atoms with van der Waals surface area (Å²) in [4.78, 5) is 25.1. The predicted molar refractivity (Wildman–Crippen MR) is 105 cm³/mol. The second kappa shape index (κ2) is 9.96. The molecule has 2 aromatic carbocycles. The van der Waals surface area contributed by atoms with E-state index in [1.807, 2.05) is 6.92 Å². The predicted octanol–water partition coefficient (Wildman–Crippen LogP) is 2.02. The molecule has 2 rings (SSSR count). The van der Waals surface area contributed by atoms with Gasteiger partial charge in [0.1, 0.15) is 5.75 Å². The van der Waals surface area contributed by atoms with Gasteiger partial charge >= 0.3 is 0 Å². The molecule has 2 N–H and O–H groups in total. The smallest absolute Gasteiger partial charge is 0.271 e. The molecule has 0 bridgehead atoms. The van der Waals surface area contributed by atoms with Crippen molar-refractivity contribution < 1.29 is 24.2 Å². The molecule has 28 heavy (non-hydrogen) atoms. The number of amides is 2. The van der Waals surface area contributed by atoms with Crippen LogP contribution in [0.25, 0.3) is 0 Å². The summed E-state index contributed by atoms with van der Waals surface area (Å²) in [5, 5.41) is 13.2. The third-order valence-electron chi connectivity index (χ3n) is 3.63. The molecular weight excluding hydrogens is 362 g/mol. The molecule has 2 amide bonds. The van der Waals surface area contributed by atoms with E-state index in [2.05, 4.69) is 10.5 Å². The number of hydrogen-bond acceptors (Lipinski definition) is 6. The van der Waals surface area contributed by atoms with E-state index in [-0.39, 0.29) is 18.3 Å². The van der Waals surface area contributed by atoms with Crippen molar-refractivity contribution in [3.8, 4) is 17.2 Å². The number of carbonyl (C=O) groups excluding carboxylic acids is 2. The summed E-state index contributed by atoms with van der Waals surface area (Å²) in [7, 11) is 3.31. The number of nitrogens with one attached hydrogen (secondary N) is 1. The van der Waals surface area contributed by atoms with Crippen LogP contribution in [-0.2, 0) is 4.79 Å². The Hall–Kier alpha value is -3.55. The van der Waals surface area contributed by atoms with Crippen LogP contribution in [0.2, 0.25) is 0 Å². The minimum absolute atomic E-state index is 0.0816. The zero-order chi connectivity index (χ0) is 20.5. The number of carbonyl (C=O) groups is 2. The Labute approximate surface area is 163 Å². The van der Waals surface area contributed by atoms with Gasteiger partial charge in [0.05, 0.1) is 12.8 Å². The van der Waals surface area contributed by atoms with Gasteiger partial charge < -0.3 is 19.5 Å². The summed E-state index contributed by atoms with van der Waals surface area (Å²) in [6.07, 6.45) is 1.47. The molecule has 2 aromatic rings. The third-order valence-corrected chi connectivity index (χ3v) is 3.63. The lowest BCUT2D eigenvalue weighted by atomic mass is 10.2. The summed E-state index contributed by atoms with van der Waals surface area (Å²) in [6.45, 7) is 2.17. The van der Waals surface area contributed by atoms with Crippen molar-refractivity contribution in [2.45, 2.75) is 6.92 Å². The van der Waals surface area contributed by atoms with Crippen LogP contribution in [0.4, 0.5) is 0 Å². The van der Waals surface area contributed by atoms with Crippen molar-refractivity contribution in [1.82, 2.24) is 10.3 Å². The number of rotatable bonds is 8. The van der Waals surface area contributed by atoms with E-state index in [0.29, 0.717) is 29.2 Å². The second-order valence-electron chi connectivity index (χ2n) is 5.96. The average Bonchev–Trinajstić information content (AvgIpc) is 2.67. The first-order valence-electron chi connectivity index (χ1n) is 8.63. The van der Waals surface area contributed by atoms with Gasteiger partial charge in [-0.1, -0.05) is 0 Å². The first-order chi connectivity index (χ1) is 13.4. The fourth-order valence-electron chi connectivity index (χ4n) is 2.10. The number of ether oxygens (including phenoxy) is 2. The number of phenols is 1. The minimum atomic E-state index is -0.400. The SMILES string of the molecule is CCOc1cc(/C=N\NC(=O)c2ccc(O)cc2)ccc1OCC(=O)N(C)C. The molecule has 0 saturated heterocycles. The molecule has 0 saturated carbocycles. The van der Waals surface area contributed by atoms with E-state index < -0.39 is 5.91 Å². The molecule has 0 aromatic heterocycles. The second-order valence-corrected chi connectivity index (χ2v) is 5.96. The first kappa shape index (κ1) is 20.8. The summed E-state index contributed by atoms with van der Waals surface area (Å²) in [5.41, 5.74) is 3.47. The highest BCUT2D eigenvalue weighted by molar-refractivity contribution is 5.95. The Morgan fingerprint density at radius 3 is 2.46 bits per heavy atom. The lowest BCUT2D eigenvalue weighted by molar-refractivity contribution is -0.130. The van der Waals surface area contributed by atoms with Crippen LogP contribution in [0.3, 0.4) is 0 Å². The molecular formula is C20H23N3O5. The zero-order valence-electron chi connectivity index (χ0n) is 16.0. The molecule has 8 heteroatoms. The summed E-state index contributed by atoms with van der Waals surface area (Å²) in [5.74, 6) is 0.441. The topological polar surface area (TPSA) is 100 Å². The van der Waals surface area contributed by atoms with Crippen LogP contribution < -0.4 is 14.9 Å². The quantitative estimate of drug-likeness (QED) is 0.535. The lowest BCUT2D eigenvalue weighted by Crippen LogP contribution is -2.27.